The molecule has 2 aliphatic rings. The first-order valence-corrected chi connectivity index (χ1v) is 13.4. The molecule has 6 rings (SSSR count). The zero-order valence-corrected chi connectivity index (χ0v) is 24.0. The van der Waals surface area contributed by atoms with E-state index in [1.54, 1.807) is 23.9 Å². The summed E-state index contributed by atoms with van der Waals surface area (Å²) < 4.78 is 20.2. The van der Waals surface area contributed by atoms with Crippen LogP contribution >= 0.6 is 11.8 Å². The molecule has 0 amide bonds. The fourth-order valence-corrected chi connectivity index (χ4v) is 6.64. The van der Waals surface area contributed by atoms with Crippen molar-refractivity contribution < 1.29 is 48.6 Å². The number of hydrogen-bond donors (Lipinski definition) is 0. The van der Waals surface area contributed by atoms with E-state index in [0.717, 1.165) is 46.7 Å². The molecule has 1 saturated carbocycles. The van der Waals surface area contributed by atoms with Crippen molar-refractivity contribution >= 4 is 40.8 Å². The van der Waals surface area contributed by atoms with Gasteiger partial charge in [0.05, 0.1) is 16.5 Å². The Morgan fingerprint density at radius 1 is 1.05 bits per heavy atom. The van der Waals surface area contributed by atoms with Crippen LogP contribution in [0.3, 0.4) is 0 Å². The van der Waals surface area contributed by atoms with E-state index >= 15 is 0 Å². The molecule has 2 heterocycles. The maximum absolute atomic E-state index is 14.0. The fraction of sp³-hybridized carbons (Fsp3) is 0.226. The number of pyridine rings is 1. The van der Waals surface area contributed by atoms with Crippen molar-refractivity contribution in [1.82, 2.24) is 4.98 Å². The number of carbonyl (C=O) groups is 1. The Kier molecular flexibility index (Phi) is 7.96. The quantitative estimate of drug-likeness (QED) is 0.342. The SMILES string of the molecule is O=C([O-])CC1(CSC2c3ccccc3COc3ccc(/C=C/c4ccc5c(F)cccc5n4)cc32)CC1.[Na+]. The molecule has 4 aromatic rings. The second-order valence-corrected chi connectivity index (χ2v) is 11.0. The molecule has 1 fully saturated rings. The number of rotatable bonds is 7. The molecule has 38 heavy (non-hydrogen) atoms. The molecule has 1 aromatic heterocycles. The van der Waals surface area contributed by atoms with Gasteiger partial charge in [-0.2, -0.15) is 0 Å². The van der Waals surface area contributed by atoms with E-state index in [1.807, 2.05) is 48.6 Å². The van der Waals surface area contributed by atoms with E-state index < -0.39 is 5.97 Å². The number of carboxylic acids is 1. The van der Waals surface area contributed by atoms with Crippen molar-refractivity contribution in [3.63, 3.8) is 0 Å². The van der Waals surface area contributed by atoms with E-state index in [4.69, 9.17) is 4.74 Å². The molecule has 0 spiro atoms. The summed E-state index contributed by atoms with van der Waals surface area (Å²) in [5, 5.41) is 11.8. The van der Waals surface area contributed by atoms with Gasteiger partial charge in [0.2, 0.25) is 0 Å². The van der Waals surface area contributed by atoms with Gasteiger partial charge in [0.25, 0.3) is 0 Å². The number of carboxylic acid groups (broad SMARTS) is 1. The summed E-state index contributed by atoms with van der Waals surface area (Å²) in [6.07, 6.45) is 5.90. The summed E-state index contributed by atoms with van der Waals surface area (Å²) in [6, 6.07) is 23.0. The number of ether oxygens (including phenoxy) is 1. The van der Waals surface area contributed by atoms with Gasteiger partial charge in [-0.25, -0.2) is 9.37 Å². The molecule has 4 nitrogen and oxygen atoms in total. The number of thioether (sulfide) groups is 1. The molecular formula is C31H25FNNaO3S. The third-order valence-electron chi connectivity index (χ3n) is 7.22. The number of benzene rings is 3. The van der Waals surface area contributed by atoms with Crippen LogP contribution in [0.5, 0.6) is 5.75 Å². The number of aromatic nitrogens is 1. The van der Waals surface area contributed by atoms with Gasteiger partial charge in [-0.05, 0) is 83.8 Å². The first-order valence-electron chi connectivity index (χ1n) is 12.4. The van der Waals surface area contributed by atoms with Gasteiger partial charge < -0.3 is 14.6 Å². The third kappa shape index (κ3) is 5.69. The van der Waals surface area contributed by atoms with E-state index in [2.05, 4.69) is 23.2 Å². The normalized spacial score (nSPS) is 17.1. The van der Waals surface area contributed by atoms with Gasteiger partial charge >= 0.3 is 29.6 Å². The van der Waals surface area contributed by atoms with E-state index in [1.165, 1.54) is 11.6 Å². The minimum Gasteiger partial charge on any atom is -0.550 e. The Balaban J connectivity index is 0.00000294. The number of aliphatic carboxylic acids is 1. The van der Waals surface area contributed by atoms with Gasteiger partial charge in [-0.3, -0.25) is 0 Å². The van der Waals surface area contributed by atoms with Gasteiger partial charge in [0.15, 0.2) is 0 Å². The summed E-state index contributed by atoms with van der Waals surface area (Å²) in [5.41, 5.74) is 5.64. The van der Waals surface area contributed by atoms with Crippen LogP contribution < -0.4 is 39.4 Å². The molecule has 0 radical (unpaired) electrons. The molecule has 3 aromatic carbocycles. The van der Waals surface area contributed by atoms with Gasteiger partial charge in [-0.15, -0.1) is 11.8 Å². The maximum Gasteiger partial charge on any atom is 1.00 e. The molecular weight excluding hydrogens is 508 g/mol. The second kappa shape index (κ2) is 11.2. The number of hydrogen-bond acceptors (Lipinski definition) is 5. The molecule has 1 unspecified atom stereocenters. The Morgan fingerprint density at radius 2 is 1.89 bits per heavy atom. The minimum absolute atomic E-state index is 0. The fourth-order valence-electron chi connectivity index (χ4n) is 4.95. The second-order valence-electron chi connectivity index (χ2n) is 9.90. The topological polar surface area (TPSA) is 62.2 Å². The van der Waals surface area contributed by atoms with Gasteiger partial charge in [-0.1, -0.05) is 42.5 Å². The molecule has 1 aliphatic carbocycles. The number of halogens is 1. The van der Waals surface area contributed by atoms with Crippen molar-refractivity contribution in [2.75, 3.05) is 5.75 Å². The van der Waals surface area contributed by atoms with Crippen LogP contribution in [0.15, 0.2) is 72.8 Å². The third-order valence-corrected chi connectivity index (χ3v) is 8.84. The van der Waals surface area contributed by atoms with E-state index in [0.29, 0.717) is 17.5 Å². The van der Waals surface area contributed by atoms with Gasteiger partial charge in [0, 0.05) is 22.7 Å². The van der Waals surface area contributed by atoms with Crippen LogP contribution in [-0.2, 0) is 11.4 Å². The smallest absolute Gasteiger partial charge is 0.550 e. The minimum atomic E-state index is -0.972. The standard InChI is InChI=1S/C31H26FNO3S.Na/c32-26-6-3-7-27-24(26)12-11-22(33-27)10-8-20-9-13-28-25(16-20)30(23-5-2-1-4-21(23)18-36-28)37-19-31(14-15-31)17-29(34)35;/h1-13,16,30H,14-15,17-19H2,(H,34,35);/q;+1/p-1/b10-8+;. The predicted molar refractivity (Wildman–Crippen MR) is 143 cm³/mol. The van der Waals surface area contributed by atoms with Crippen molar-refractivity contribution in [2.45, 2.75) is 31.1 Å². The Morgan fingerprint density at radius 3 is 2.71 bits per heavy atom. The summed E-state index contributed by atoms with van der Waals surface area (Å²) >= 11 is 1.79. The average Bonchev–Trinajstić information content (AvgIpc) is 3.68. The molecule has 0 bridgehead atoms. The maximum atomic E-state index is 14.0. The van der Waals surface area contributed by atoms with Crippen LogP contribution in [0, 0.1) is 11.2 Å². The van der Waals surface area contributed by atoms with E-state index in [-0.39, 0.29) is 52.5 Å². The van der Waals surface area contributed by atoms with Crippen LogP contribution in [0.2, 0.25) is 0 Å². The number of fused-ring (bicyclic) bond motifs is 3. The summed E-state index contributed by atoms with van der Waals surface area (Å²) in [7, 11) is 0. The van der Waals surface area contributed by atoms with Gasteiger partial charge in [0.1, 0.15) is 18.2 Å². The zero-order chi connectivity index (χ0) is 25.4. The Hall–Kier alpha value is -2.64. The molecule has 186 valence electrons. The van der Waals surface area contributed by atoms with E-state index in [9.17, 15) is 14.3 Å². The average molecular weight is 534 g/mol. The molecule has 0 saturated heterocycles. The Labute approximate surface area is 247 Å². The molecule has 1 atom stereocenters. The predicted octanol–water partition coefficient (Wildman–Crippen LogP) is 3.18. The molecule has 1 aliphatic heterocycles. The molecule has 0 N–H and O–H groups in total. The van der Waals surface area contributed by atoms with Crippen molar-refractivity contribution in [1.29, 1.82) is 0 Å². The summed E-state index contributed by atoms with van der Waals surface area (Å²) in [5.74, 6) is 0.356. The van der Waals surface area contributed by atoms with Crippen LogP contribution in [-0.4, -0.2) is 16.7 Å². The van der Waals surface area contributed by atoms with Crippen molar-refractivity contribution in [3.8, 4) is 5.75 Å². The summed E-state index contributed by atoms with van der Waals surface area (Å²) in [4.78, 5) is 15.9. The Bertz CT molecular complexity index is 1540. The largest absolute Gasteiger partial charge is 1.00 e. The molecule has 7 heteroatoms. The van der Waals surface area contributed by atoms with Crippen LogP contribution in [0.25, 0.3) is 23.1 Å². The zero-order valence-electron chi connectivity index (χ0n) is 21.2. The van der Waals surface area contributed by atoms with Crippen molar-refractivity contribution in [2.24, 2.45) is 5.41 Å². The first kappa shape index (κ1) is 26.9. The summed E-state index contributed by atoms with van der Waals surface area (Å²) in [6.45, 7) is 0.497. The van der Waals surface area contributed by atoms with Crippen LogP contribution in [0.1, 0.15) is 52.5 Å². The first-order chi connectivity index (χ1) is 18.0. The number of nitrogens with zero attached hydrogens (tertiary/aromatic N) is 1. The monoisotopic (exact) mass is 533 g/mol. The van der Waals surface area contributed by atoms with Crippen molar-refractivity contribution in [3.05, 3.63) is 107 Å². The number of carbonyl (C=O) groups excluding carboxylic acids is 1. The van der Waals surface area contributed by atoms with Crippen LogP contribution in [0.4, 0.5) is 4.39 Å².